The lowest BCUT2D eigenvalue weighted by atomic mass is 10.1. The van der Waals surface area contributed by atoms with Crippen LogP contribution in [-0.2, 0) is 0 Å². The molecule has 0 bridgehead atoms. The Morgan fingerprint density at radius 2 is 2.05 bits per heavy atom. The SMILES string of the molecule is Cc1nn(-c2ccccc2)c(C)c1C(=O)N1CCC(CO)C1. The van der Waals surface area contributed by atoms with E-state index in [1.807, 2.05) is 53.8 Å². The van der Waals surface area contributed by atoms with Gasteiger partial charge in [-0.3, -0.25) is 4.79 Å². The van der Waals surface area contributed by atoms with Crippen molar-refractivity contribution in [2.75, 3.05) is 19.7 Å². The first-order valence-electron chi connectivity index (χ1n) is 7.63. The van der Waals surface area contributed by atoms with Gasteiger partial charge in [0.05, 0.1) is 22.6 Å². The molecule has 1 N–H and O–H groups in total. The van der Waals surface area contributed by atoms with Crippen LogP contribution in [-0.4, -0.2) is 45.4 Å². The first kappa shape index (κ1) is 14.8. The number of aromatic nitrogens is 2. The third kappa shape index (κ3) is 2.52. The number of para-hydroxylation sites is 1. The smallest absolute Gasteiger partial charge is 0.257 e. The minimum Gasteiger partial charge on any atom is -0.396 e. The first-order valence-corrected chi connectivity index (χ1v) is 7.63. The Morgan fingerprint density at radius 3 is 2.68 bits per heavy atom. The summed E-state index contributed by atoms with van der Waals surface area (Å²) in [6.45, 7) is 5.29. The zero-order chi connectivity index (χ0) is 15.7. The number of aliphatic hydroxyl groups is 1. The van der Waals surface area contributed by atoms with E-state index in [2.05, 4.69) is 5.10 Å². The standard InChI is InChI=1S/C17H21N3O2/c1-12-16(17(22)19-9-8-14(10-19)11-21)13(2)20(18-12)15-6-4-3-5-7-15/h3-7,14,21H,8-11H2,1-2H3. The van der Waals surface area contributed by atoms with Crippen LogP contribution in [0.2, 0.25) is 0 Å². The maximum Gasteiger partial charge on any atom is 0.257 e. The van der Waals surface area contributed by atoms with Crippen molar-refractivity contribution >= 4 is 5.91 Å². The molecule has 1 aromatic heterocycles. The van der Waals surface area contributed by atoms with Gasteiger partial charge in [0.15, 0.2) is 0 Å². The maximum atomic E-state index is 12.8. The highest BCUT2D eigenvalue weighted by atomic mass is 16.3. The van der Waals surface area contributed by atoms with Crippen molar-refractivity contribution in [1.82, 2.24) is 14.7 Å². The quantitative estimate of drug-likeness (QED) is 0.942. The van der Waals surface area contributed by atoms with Crippen molar-refractivity contribution in [2.24, 2.45) is 5.92 Å². The number of hydrogen-bond donors (Lipinski definition) is 1. The number of carbonyl (C=O) groups excluding carboxylic acids is 1. The molecule has 5 heteroatoms. The molecule has 2 aromatic rings. The first-order chi connectivity index (χ1) is 10.6. The molecule has 1 fully saturated rings. The van der Waals surface area contributed by atoms with Crippen LogP contribution >= 0.6 is 0 Å². The topological polar surface area (TPSA) is 58.4 Å². The molecular weight excluding hydrogens is 278 g/mol. The molecule has 3 rings (SSSR count). The fraction of sp³-hybridized carbons (Fsp3) is 0.412. The van der Waals surface area contributed by atoms with Crippen LogP contribution in [0, 0.1) is 19.8 Å². The summed E-state index contributed by atoms with van der Waals surface area (Å²) in [6, 6.07) is 9.83. The number of nitrogens with zero attached hydrogens (tertiary/aromatic N) is 3. The third-order valence-electron chi connectivity index (χ3n) is 4.34. The van der Waals surface area contributed by atoms with E-state index in [9.17, 15) is 9.90 Å². The molecule has 116 valence electrons. The molecule has 22 heavy (non-hydrogen) atoms. The number of aliphatic hydroxyl groups excluding tert-OH is 1. The number of carbonyl (C=O) groups is 1. The van der Waals surface area contributed by atoms with E-state index in [0.29, 0.717) is 18.7 Å². The van der Waals surface area contributed by atoms with Gasteiger partial charge in [0.1, 0.15) is 0 Å². The minimum atomic E-state index is 0.0214. The normalized spacial score (nSPS) is 18.0. The second kappa shape index (κ2) is 5.93. The summed E-state index contributed by atoms with van der Waals surface area (Å²) in [5, 5.41) is 13.8. The molecule has 1 aromatic carbocycles. The maximum absolute atomic E-state index is 12.8. The second-order valence-corrected chi connectivity index (χ2v) is 5.88. The number of hydrogen-bond acceptors (Lipinski definition) is 3. The summed E-state index contributed by atoms with van der Waals surface area (Å²) in [5.74, 6) is 0.224. The van der Waals surface area contributed by atoms with Crippen LogP contribution in [0.5, 0.6) is 0 Å². The van der Waals surface area contributed by atoms with Crippen molar-refractivity contribution in [3.05, 3.63) is 47.3 Å². The lowest BCUT2D eigenvalue weighted by Crippen LogP contribution is -2.30. The van der Waals surface area contributed by atoms with Crippen molar-refractivity contribution in [3.8, 4) is 5.69 Å². The minimum absolute atomic E-state index is 0.0214. The van der Waals surface area contributed by atoms with Gasteiger partial charge in [-0.15, -0.1) is 0 Å². The number of amides is 1. The average Bonchev–Trinajstić information content (AvgIpc) is 3.12. The molecule has 0 spiro atoms. The van der Waals surface area contributed by atoms with Crippen molar-refractivity contribution in [2.45, 2.75) is 20.3 Å². The van der Waals surface area contributed by atoms with E-state index in [1.54, 1.807) is 0 Å². The van der Waals surface area contributed by atoms with Crippen LogP contribution < -0.4 is 0 Å². The zero-order valence-electron chi connectivity index (χ0n) is 13.0. The average molecular weight is 299 g/mol. The molecular formula is C17H21N3O2. The van der Waals surface area contributed by atoms with Gasteiger partial charge in [-0.2, -0.15) is 5.10 Å². The summed E-state index contributed by atoms with van der Waals surface area (Å²) in [4.78, 5) is 14.6. The van der Waals surface area contributed by atoms with Gasteiger partial charge in [-0.05, 0) is 32.4 Å². The van der Waals surface area contributed by atoms with Crippen LogP contribution in [0.4, 0.5) is 0 Å². The summed E-state index contributed by atoms with van der Waals surface area (Å²) in [5.41, 5.74) is 3.25. The Hall–Kier alpha value is -2.14. The number of rotatable bonds is 3. The summed E-state index contributed by atoms with van der Waals surface area (Å²) in [7, 11) is 0. The molecule has 1 saturated heterocycles. The van der Waals surface area contributed by atoms with E-state index < -0.39 is 0 Å². The summed E-state index contributed by atoms with van der Waals surface area (Å²) in [6.07, 6.45) is 0.868. The lowest BCUT2D eigenvalue weighted by Gasteiger charge is -2.16. The molecule has 5 nitrogen and oxygen atoms in total. The highest BCUT2D eigenvalue weighted by Crippen LogP contribution is 2.23. The lowest BCUT2D eigenvalue weighted by molar-refractivity contribution is 0.0780. The Labute approximate surface area is 130 Å². The van der Waals surface area contributed by atoms with Gasteiger partial charge in [-0.1, -0.05) is 18.2 Å². The van der Waals surface area contributed by atoms with Crippen molar-refractivity contribution in [3.63, 3.8) is 0 Å². The van der Waals surface area contributed by atoms with Gasteiger partial charge in [0, 0.05) is 25.6 Å². The van der Waals surface area contributed by atoms with E-state index in [-0.39, 0.29) is 18.4 Å². The second-order valence-electron chi connectivity index (χ2n) is 5.88. The molecule has 1 aliphatic rings. The van der Waals surface area contributed by atoms with Crippen LogP contribution in [0.25, 0.3) is 5.69 Å². The Balaban J connectivity index is 1.92. The zero-order valence-corrected chi connectivity index (χ0v) is 13.0. The van der Waals surface area contributed by atoms with E-state index >= 15 is 0 Å². The molecule has 0 aliphatic carbocycles. The van der Waals surface area contributed by atoms with Crippen LogP contribution in [0.15, 0.2) is 30.3 Å². The molecule has 0 saturated carbocycles. The van der Waals surface area contributed by atoms with Gasteiger partial charge in [0.2, 0.25) is 0 Å². The number of benzene rings is 1. The Kier molecular flexibility index (Phi) is 3.98. The van der Waals surface area contributed by atoms with Crippen LogP contribution in [0.3, 0.4) is 0 Å². The third-order valence-corrected chi connectivity index (χ3v) is 4.34. The van der Waals surface area contributed by atoms with Gasteiger partial charge < -0.3 is 10.0 Å². The molecule has 1 aliphatic heterocycles. The predicted octanol–water partition coefficient (Wildman–Crippen LogP) is 1.94. The van der Waals surface area contributed by atoms with E-state index in [4.69, 9.17) is 0 Å². The Morgan fingerprint density at radius 1 is 1.32 bits per heavy atom. The molecule has 1 unspecified atom stereocenters. The van der Waals surface area contributed by atoms with Gasteiger partial charge in [-0.25, -0.2) is 4.68 Å². The fourth-order valence-electron chi connectivity index (χ4n) is 3.10. The van der Waals surface area contributed by atoms with E-state index in [0.717, 1.165) is 23.5 Å². The monoisotopic (exact) mass is 299 g/mol. The molecule has 1 atom stereocenters. The number of likely N-dealkylation sites (tertiary alicyclic amines) is 1. The predicted molar refractivity (Wildman–Crippen MR) is 84.1 cm³/mol. The van der Waals surface area contributed by atoms with Crippen molar-refractivity contribution in [1.29, 1.82) is 0 Å². The fourth-order valence-corrected chi connectivity index (χ4v) is 3.10. The Bertz CT molecular complexity index is 679. The highest BCUT2D eigenvalue weighted by Gasteiger charge is 2.30. The molecule has 0 radical (unpaired) electrons. The van der Waals surface area contributed by atoms with Gasteiger partial charge >= 0.3 is 0 Å². The number of aryl methyl sites for hydroxylation is 1. The summed E-state index contributed by atoms with van der Waals surface area (Å²) >= 11 is 0. The largest absolute Gasteiger partial charge is 0.396 e. The van der Waals surface area contributed by atoms with Gasteiger partial charge in [0.25, 0.3) is 5.91 Å². The summed E-state index contributed by atoms with van der Waals surface area (Å²) < 4.78 is 1.82. The van der Waals surface area contributed by atoms with E-state index in [1.165, 1.54) is 0 Å². The highest BCUT2D eigenvalue weighted by molar-refractivity contribution is 5.96. The van der Waals surface area contributed by atoms with Crippen molar-refractivity contribution < 1.29 is 9.90 Å². The molecule has 2 heterocycles. The molecule has 1 amide bonds. The van der Waals surface area contributed by atoms with Crippen LogP contribution in [0.1, 0.15) is 28.2 Å².